The first-order chi connectivity index (χ1) is 32.6. The summed E-state index contributed by atoms with van der Waals surface area (Å²) >= 11 is 0. The molecule has 0 aliphatic carbocycles. The molecule has 0 saturated carbocycles. The third kappa shape index (κ3) is 19.8. The lowest BCUT2D eigenvalue weighted by molar-refractivity contribution is -0.144. The van der Waals surface area contributed by atoms with Gasteiger partial charge in [-0.3, -0.25) is 19.6 Å². The molecular weight excluding hydrogens is 1000 g/mol. The zero-order chi connectivity index (χ0) is 53.8. The SMILES string of the molecule is C.CCC(=Nc1cc(C(F)(F)F)cc(C(F)(F)F)c1)C(CCc1ccccc1)=Nc1cc(C(F)(F)F)cc(C(F)(F)F)c1.CCC(=O)C(=O)CCc1ccccc1.Nc1cc(C(F)(F)F)cc(C(F)(F)F)c1. The van der Waals surface area contributed by atoms with E-state index in [0.29, 0.717) is 61.2 Å². The Labute approximate surface area is 400 Å². The average molecular weight is 1050 g/mol. The van der Waals surface area contributed by atoms with Crippen LogP contribution in [0.3, 0.4) is 0 Å². The normalized spacial score (nSPS) is 12.7. The van der Waals surface area contributed by atoms with Crippen molar-refractivity contribution in [3.8, 4) is 0 Å². The van der Waals surface area contributed by atoms with E-state index in [1.807, 2.05) is 30.3 Å². The lowest BCUT2D eigenvalue weighted by atomic mass is 10.0. The van der Waals surface area contributed by atoms with Gasteiger partial charge in [-0.25, -0.2) is 0 Å². The van der Waals surface area contributed by atoms with Crippen LogP contribution in [0.1, 0.15) is 91.5 Å². The fourth-order valence-electron chi connectivity index (χ4n) is 6.06. The van der Waals surface area contributed by atoms with Gasteiger partial charge in [0.2, 0.25) is 0 Å². The minimum atomic E-state index is -5.18. The number of nitrogens with two attached hydrogens (primary N) is 1. The standard InChI is InChI=1S/C28H20F12N2.C12H14O2.C8H5F6N.CH4/c1-2-23(41-21-12-17(25(29,30)31)10-18(13-21)26(32,33)34)24(9-8-16-6-4-3-5-7-16)42-22-14-19(27(35,36)37)11-20(15-22)28(38,39)40;1-2-11(13)12(14)9-8-10-6-4-3-5-7-10;9-7(10,11)4-1-5(8(12,13)14)3-6(15)2-4;/h3-7,10-15H,2,8-9H2,1H3;3-7H,2,8-9H2,1H3;1-3H,15H2;1H4. The zero-order valence-electron chi connectivity index (χ0n) is 36.8. The van der Waals surface area contributed by atoms with Gasteiger partial charge in [-0.1, -0.05) is 81.9 Å². The number of alkyl halides is 18. The molecule has 5 aromatic carbocycles. The molecule has 2 N–H and O–H groups in total. The Balaban J connectivity index is 0.000000480. The number of aryl methyl sites for hydroxylation is 2. The van der Waals surface area contributed by atoms with E-state index in [0.717, 1.165) is 5.56 Å². The van der Waals surface area contributed by atoms with Crippen LogP contribution in [-0.2, 0) is 59.5 Å². The third-order valence-electron chi connectivity index (χ3n) is 9.56. The van der Waals surface area contributed by atoms with E-state index in [1.165, 1.54) is 6.92 Å². The molecule has 392 valence electrons. The Hall–Kier alpha value is -6.68. The molecule has 5 aromatic rings. The van der Waals surface area contributed by atoms with Crippen LogP contribution in [0.2, 0.25) is 0 Å². The van der Waals surface area contributed by atoms with Gasteiger partial charge in [-0.15, -0.1) is 0 Å². The molecule has 0 atom stereocenters. The summed E-state index contributed by atoms with van der Waals surface area (Å²) in [5.41, 5.74) is -5.28. The number of ketones is 2. The summed E-state index contributed by atoms with van der Waals surface area (Å²) < 4.78 is 233. The number of nitrogens with zero attached hydrogens (tertiary/aromatic N) is 2. The number of benzene rings is 5. The van der Waals surface area contributed by atoms with Crippen LogP contribution in [-0.4, -0.2) is 23.0 Å². The first kappa shape index (κ1) is 61.4. The first-order valence-electron chi connectivity index (χ1n) is 20.5. The molecule has 0 aromatic heterocycles. The van der Waals surface area contributed by atoms with Gasteiger partial charge in [0.05, 0.1) is 56.2 Å². The smallest absolute Gasteiger partial charge is 0.399 e. The first-order valence-corrected chi connectivity index (χ1v) is 20.5. The fourth-order valence-corrected chi connectivity index (χ4v) is 6.06. The number of rotatable bonds is 12. The summed E-state index contributed by atoms with van der Waals surface area (Å²) in [6.45, 7) is 3.12. The van der Waals surface area contributed by atoms with Crippen LogP contribution in [0.15, 0.2) is 125 Å². The molecule has 0 heterocycles. The summed E-state index contributed by atoms with van der Waals surface area (Å²) in [7, 11) is 0. The lowest BCUT2D eigenvalue weighted by Crippen LogP contribution is -2.15. The predicted octanol–water partition coefficient (Wildman–Crippen LogP) is 16.8. The van der Waals surface area contributed by atoms with Crippen molar-refractivity contribution in [2.45, 2.75) is 96.9 Å². The molecule has 0 saturated heterocycles. The van der Waals surface area contributed by atoms with Gasteiger partial charge in [0, 0.05) is 18.5 Å². The second-order valence-corrected chi connectivity index (χ2v) is 15.0. The minimum absolute atomic E-state index is 0. The van der Waals surface area contributed by atoms with Crippen LogP contribution in [0.4, 0.5) is 96.1 Å². The molecular formula is C49H43F18N3O2. The third-order valence-corrected chi connectivity index (χ3v) is 9.56. The topological polar surface area (TPSA) is 84.9 Å². The molecule has 23 heteroatoms. The molecule has 5 rings (SSSR count). The highest BCUT2D eigenvalue weighted by molar-refractivity contribution is 6.43. The monoisotopic (exact) mass is 1050 g/mol. The molecule has 0 aliphatic rings. The molecule has 0 spiro atoms. The van der Waals surface area contributed by atoms with Crippen LogP contribution in [0.25, 0.3) is 0 Å². The minimum Gasteiger partial charge on any atom is -0.399 e. The number of halogens is 18. The predicted molar refractivity (Wildman–Crippen MR) is 235 cm³/mol. The molecule has 0 bridgehead atoms. The van der Waals surface area contributed by atoms with E-state index in [-0.39, 0.29) is 67.9 Å². The highest BCUT2D eigenvalue weighted by Gasteiger charge is 2.39. The van der Waals surface area contributed by atoms with Gasteiger partial charge in [0.25, 0.3) is 0 Å². The van der Waals surface area contributed by atoms with Gasteiger partial charge >= 0.3 is 37.1 Å². The van der Waals surface area contributed by atoms with Gasteiger partial charge in [-0.05, 0) is 91.4 Å². The molecule has 0 aliphatic heterocycles. The second-order valence-electron chi connectivity index (χ2n) is 15.0. The maximum absolute atomic E-state index is 13.4. The van der Waals surface area contributed by atoms with Crippen molar-refractivity contribution in [1.29, 1.82) is 0 Å². The number of nitrogen functional groups attached to an aromatic ring is 1. The maximum atomic E-state index is 13.4. The number of aliphatic imine (C=N–C) groups is 2. The summed E-state index contributed by atoms with van der Waals surface area (Å²) in [6, 6.07) is 20.2. The van der Waals surface area contributed by atoms with Crippen molar-refractivity contribution in [1.82, 2.24) is 0 Å². The van der Waals surface area contributed by atoms with Crippen LogP contribution in [0.5, 0.6) is 0 Å². The molecule has 0 unspecified atom stereocenters. The van der Waals surface area contributed by atoms with E-state index < -0.39 is 87.5 Å². The highest BCUT2D eigenvalue weighted by Crippen LogP contribution is 2.41. The Morgan fingerprint density at radius 1 is 0.403 bits per heavy atom. The number of hydrogen-bond donors (Lipinski definition) is 1. The number of carbonyl (C=O) groups excluding carboxylic acids is 2. The largest absolute Gasteiger partial charge is 0.416 e. The molecule has 0 amide bonds. The van der Waals surface area contributed by atoms with Crippen LogP contribution < -0.4 is 5.73 Å². The Kier molecular flexibility index (Phi) is 21.4. The number of carbonyl (C=O) groups is 2. The van der Waals surface area contributed by atoms with Crippen LogP contribution >= 0.6 is 0 Å². The molecule has 0 fully saturated rings. The van der Waals surface area contributed by atoms with E-state index in [9.17, 15) is 88.6 Å². The van der Waals surface area contributed by atoms with E-state index in [4.69, 9.17) is 5.73 Å². The lowest BCUT2D eigenvalue weighted by Gasteiger charge is -2.15. The van der Waals surface area contributed by atoms with Gasteiger partial charge in [0.1, 0.15) is 0 Å². The van der Waals surface area contributed by atoms with Crippen molar-refractivity contribution < 1.29 is 88.6 Å². The number of anilines is 1. The molecule has 72 heavy (non-hydrogen) atoms. The average Bonchev–Trinajstić information content (AvgIpc) is 3.27. The maximum Gasteiger partial charge on any atom is 0.416 e. The van der Waals surface area contributed by atoms with Gasteiger partial charge < -0.3 is 5.73 Å². The second kappa shape index (κ2) is 25.1. The number of Topliss-reactive ketones (excluding diaryl/α,β-unsaturated/α-hetero) is 2. The Bertz CT molecular complexity index is 2530. The van der Waals surface area contributed by atoms with Crippen molar-refractivity contribution >= 4 is 40.1 Å². The summed E-state index contributed by atoms with van der Waals surface area (Å²) in [5.74, 6) is -0.516. The van der Waals surface area contributed by atoms with E-state index >= 15 is 0 Å². The quantitative estimate of drug-likeness (QED) is 0.0585. The summed E-state index contributed by atoms with van der Waals surface area (Å²) in [6.07, 6.45) is -29.3. The summed E-state index contributed by atoms with van der Waals surface area (Å²) in [4.78, 5) is 30.1. The Morgan fingerprint density at radius 3 is 0.986 bits per heavy atom. The van der Waals surface area contributed by atoms with E-state index in [1.54, 1.807) is 37.3 Å². The van der Waals surface area contributed by atoms with Crippen molar-refractivity contribution in [2.75, 3.05) is 5.73 Å². The Morgan fingerprint density at radius 2 is 0.694 bits per heavy atom. The highest BCUT2D eigenvalue weighted by atomic mass is 19.4. The zero-order valence-corrected chi connectivity index (χ0v) is 36.8. The van der Waals surface area contributed by atoms with Crippen molar-refractivity contribution in [3.63, 3.8) is 0 Å². The van der Waals surface area contributed by atoms with Crippen molar-refractivity contribution in [2.24, 2.45) is 9.98 Å². The summed E-state index contributed by atoms with van der Waals surface area (Å²) in [5, 5.41) is 0. The van der Waals surface area contributed by atoms with E-state index in [2.05, 4.69) is 9.98 Å². The van der Waals surface area contributed by atoms with Crippen LogP contribution in [0, 0.1) is 0 Å². The van der Waals surface area contributed by atoms with Gasteiger partial charge in [-0.2, -0.15) is 79.0 Å². The van der Waals surface area contributed by atoms with Crippen molar-refractivity contribution in [3.05, 3.63) is 160 Å². The fraction of sp³-hybridized carbons (Fsp3) is 0.306. The molecule has 5 nitrogen and oxygen atoms in total. The molecule has 0 radical (unpaired) electrons. The van der Waals surface area contributed by atoms with Gasteiger partial charge in [0.15, 0.2) is 11.6 Å². The number of hydrogen-bond acceptors (Lipinski definition) is 5.